The summed E-state index contributed by atoms with van der Waals surface area (Å²) in [6.45, 7) is 0.693. The Morgan fingerprint density at radius 2 is 2.04 bits per heavy atom. The molecule has 3 rings (SSSR count). The van der Waals surface area contributed by atoms with E-state index in [1.54, 1.807) is 0 Å². The van der Waals surface area contributed by atoms with Gasteiger partial charge in [0.1, 0.15) is 17.2 Å². The standard InChI is InChI=1S/C17H17N5O3/c1-25-17(24)13-7-5-6-12(19-13)15(23)11(10-18)16-21-20-14-8-3-2-4-9-22(14)16/h5-7,11H,2-4,8-9H2,1H3/t11-/m1/s1. The van der Waals surface area contributed by atoms with Crippen molar-refractivity contribution in [3.63, 3.8) is 0 Å². The van der Waals surface area contributed by atoms with Gasteiger partial charge in [0, 0.05) is 13.0 Å². The van der Waals surface area contributed by atoms with Gasteiger partial charge in [0.15, 0.2) is 11.7 Å². The Kier molecular flexibility index (Phi) is 4.84. The van der Waals surface area contributed by atoms with Crippen molar-refractivity contribution in [2.75, 3.05) is 7.11 Å². The summed E-state index contributed by atoms with van der Waals surface area (Å²) in [5, 5.41) is 17.8. The number of hydrogen-bond donors (Lipinski definition) is 0. The van der Waals surface area contributed by atoms with Gasteiger partial charge in [-0.3, -0.25) is 4.79 Å². The number of rotatable bonds is 4. The molecular weight excluding hydrogens is 322 g/mol. The van der Waals surface area contributed by atoms with Crippen LogP contribution in [0.4, 0.5) is 0 Å². The maximum absolute atomic E-state index is 12.8. The third-order valence-corrected chi connectivity index (χ3v) is 4.18. The third-order valence-electron chi connectivity index (χ3n) is 4.18. The molecular formula is C17H17N5O3. The van der Waals surface area contributed by atoms with Crippen LogP contribution in [0.15, 0.2) is 18.2 Å². The summed E-state index contributed by atoms with van der Waals surface area (Å²) in [5.74, 6) is -1.11. The average molecular weight is 339 g/mol. The van der Waals surface area contributed by atoms with Crippen molar-refractivity contribution in [3.05, 3.63) is 41.2 Å². The summed E-state index contributed by atoms with van der Waals surface area (Å²) in [4.78, 5) is 28.4. The van der Waals surface area contributed by atoms with E-state index in [0.29, 0.717) is 12.4 Å². The van der Waals surface area contributed by atoms with Crippen molar-refractivity contribution in [3.8, 4) is 6.07 Å². The lowest BCUT2D eigenvalue weighted by Gasteiger charge is -2.11. The second-order valence-corrected chi connectivity index (χ2v) is 5.76. The number of carbonyl (C=O) groups excluding carboxylic acids is 2. The lowest BCUT2D eigenvalue weighted by atomic mass is 10.0. The molecule has 0 unspecified atom stereocenters. The number of pyridine rings is 1. The fourth-order valence-electron chi connectivity index (χ4n) is 2.89. The Morgan fingerprint density at radius 1 is 1.24 bits per heavy atom. The molecule has 0 bridgehead atoms. The highest BCUT2D eigenvalue weighted by atomic mass is 16.5. The number of ketones is 1. The maximum atomic E-state index is 12.8. The van der Waals surface area contributed by atoms with Gasteiger partial charge in [-0.25, -0.2) is 9.78 Å². The summed E-state index contributed by atoms with van der Waals surface area (Å²) in [7, 11) is 1.24. The highest BCUT2D eigenvalue weighted by Gasteiger charge is 2.30. The van der Waals surface area contributed by atoms with Gasteiger partial charge < -0.3 is 9.30 Å². The lowest BCUT2D eigenvalue weighted by molar-refractivity contribution is 0.0594. The lowest BCUT2D eigenvalue weighted by Crippen LogP contribution is -2.19. The van der Waals surface area contributed by atoms with Crippen LogP contribution in [0.5, 0.6) is 0 Å². The number of carbonyl (C=O) groups is 2. The molecule has 128 valence electrons. The first-order valence-corrected chi connectivity index (χ1v) is 8.07. The Hall–Kier alpha value is -3.08. The minimum absolute atomic E-state index is 0.0186. The van der Waals surface area contributed by atoms with Crippen LogP contribution >= 0.6 is 0 Å². The highest BCUT2D eigenvalue weighted by Crippen LogP contribution is 2.22. The van der Waals surface area contributed by atoms with E-state index in [9.17, 15) is 14.9 Å². The summed E-state index contributed by atoms with van der Waals surface area (Å²) >= 11 is 0. The quantitative estimate of drug-likeness (QED) is 0.615. The van der Waals surface area contributed by atoms with Crippen LogP contribution in [0.1, 0.15) is 57.8 Å². The van der Waals surface area contributed by atoms with Crippen LogP contribution in [0.3, 0.4) is 0 Å². The van der Waals surface area contributed by atoms with Gasteiger partial charge in [0.25, 0.3) is 0 Å². The molecule has 3 heterocycles. The van der Waals surface area contributed by atoms with Crippen molar-refractivity contribution in [1.82, 2.24) is 19.7 Å². The number of nitrogens with zero attached hydrogens (tertiary/aromatic N) is 5. The van der Waals surface area contributed by atoms with Crippen LogP contribution in [-0.4, -0.2) is 38.6 Å². The molecule has 8 heteroatoms. The van der Waals surface area contributed by atoms with Gasteiger partial charge in [-0.2, -0.15) is 5.26 Å². The number of esters is 1. The smallest absolute Gasteiger partial charge is 0.356 e. The number of methoxy groups -OCH3 is 1. The van der Waals surface area contributed by atoms with Gasteiger partial charge in [0.2, 0.25) is 5.78 Å². The first-order valence-electron chi connectivity index (χ1n) is 8.07. The van der Waals surface area contributed by atoms with Gasteiger partial charge in [-0.05, 0) is 25.0 Å². The molecule has 2 aromatic heterocycles. The van der Waals surface area contributed by atoms with Gasteiger partial charge >= 0.3 is 5.97 Å². The Morgan fingerprint density at radius 3 is 2.80 bits per heavy atom. The van der Waals surface area contributed by atoms with Crippen molar-refractivity contribution < 1.29 is 14.3 Å². The number of aryl methyl sites for hydroxylation is 1. The zero-order valence-electron chi connectivity index (χ0n) is 13.8. The number of fused-ring (bicyclic) bond motifs is 1. The SMILES string of the molecule is COC(=O)c1cccc(C(=O)[C@@H](C#N)c2nnc3n2CCCCC3)n1. The molecule has 2 aromatic rings. The molecule has 25 heavy (non-hydrogen) atoms. The molecule has 1 aliphatic heterocycles. The molecule has 1 aliphatic rings. The molecule has 0 saturated heterocycles. The number of nitriles is 1. The zero-order chi connectivity index (χ0) is 17.8. The van der Waals surface area contributed by atoms with Crippen LogP contribution in [0, 0.1) is 11.3 Å². The summed E-state index contributed by atoms with van der Waals surface area (Å²) < 4.78 is 6.48. The van der Waals surface area contributed by atoms with E-state index >= 15 is 0 Å². The van der Waals surface area contributed by atoms with E-state index < -0.39 is 17.7 Å². The number of aromatic nitrogens is 4. The molecule has 0 fully saturated rings. The van der Waals surface area contributed by atoms with E-state index in [1.165, 1.54) is 25.3 Å². The predicted octanol–water partition coefficient (Wildman–Crippen LogP) is 1.68. The Labute approximate surface area is 144 Å². The largest absolute Gasteiger partial charge is 0.464 e. The molecule has 0 N–H and O–H groups in total. The topological polar surface area (TPSA) is 111 Å². The van der Waals surface area contributed by atoms with E-state index in [1.807, 2.05) is 10.6 Å². The predicted molar refractivity (Wildman–Crippen MR) is 85.8 cm³/mol. The Bertz CT molecular complexity index is 852. The van der Waals surface area contributed by atoms with Crippen LogP contribution in [0.25, 0.3) is 0 Å². The summed E-state index contributed by atoms with van der Waals surface area (Å²) in [6.07, 6.45) is 3.85. The van der Waals surface area contributed by atoms with E-state index in [0.717, 1.165) is 31.5 Å². The molecule has 0 aliphatic carbocycles. The van der Waals surface area contributed by atoms with Crippen LogP contribution in [0.2, 0.25) is 0 Å². The number of hydrogen-bond acceptors (Lipinski definition) is 7. The van der Waals surface area contributed by atoms with E-state index in [-0.39, 0.29) is 11.4 Å². The van der Waals surface area contributed by atoms with Crippen LogP contribution < -0.4 is 0 Å². The summed E-state index contributed by atoms with van der Waals surface area (Å²) in [6, 6.07) is 6.46. The molecule has 8 nitrogen and oxygen atoms in total. The molecule has 0 spiro atoms. The molecule has 0 amide bonds. The van der Waals surface area contributed by atoms with Crippen molar-refractivity contribution in [2.45, 2.75) is 38.1 Å². The van der Waals surface area contributed by atoms with E-state index in [4.69, 9.17) is 0 Å². The zero-order valence-corrected chi connectivity index (χ0v) is 13.8. The maximum Gasteiger partial charge on any atom is 0.356 e. The monoisotopic (exact) mass is 339 g/mol. The fraction of sp³-hybridized carbons (Fsp3) is 0.412. The van der Waals surface area contributed by atoms with Crippen molar-refractivity contribution in [1.29, 1.82) is 5.26 Å². The molecule has 0 aromatic carbocycles. The van der Waals surface area contributed by atoms with E-state index in [2.05, 4.69) is 19.9 Å². The van der Waals surface area contributed by atoms with Gasteiger partial charge in [0.05, 0.1) is 13.2 Å². The Balaban J connectivity index is 1.94. The fourth-order valence-corrected chi connectivity index (χ4v) is 2.89. The third kappa shape index (κ3) is 3.26. The van der Waals surface area contributed by atoms with Crippen molar-refractivity contribution in [2.24, 2.45) is 0 Å². The average Bonchev–Trinajstić information content (AvgIpc) is 2.89. The normalized spacial score (nSPS) is 14.7. The van der Waals surface area contributed by atoms with Gasteiger partial charge in [-0.1, -0.05) is 12.5 Å². The molecule has 0 saturated carbocycles. The second kappa shape index (κ2) is 7.21. The minimum Gasteiger partial charge on any atom is -0.464 e. The first-order chi connectivity index (χ1) is 12.2. The highest BCUT2D eigenvalue weighted by molar-refractivity contribution is 6.01. The summed E-state index contributed by atoms with van der Waals surface area (Å²) in [5.41, 5.74) is 0.0468. The minimum atomic E-state index is -1.11. The molecule has 0 radical (unpaired) electrons. The number of Topliss-reactive ketones (excluding diaryl/α,β-unsaturated/α-hetero) is 1. The van der Waals surface area contributed by atoms with Crippen LogP contribution in [-0.2, 0) is 17.7 Å². The first kappa shape index (κ1) is 16.8. The molecule has 1 atom stereocenters. The second-order valence-electron chi connectivity index (χ2n) is 5.76. The van der Waals surface area contributed by atoms with Crippen molar-refractivity contribution >= 4 is 11.8 Å². The van der Waals surface area contributed by atoms with Gasteiger partial charge in [-0.15, -0.1) is 10.2 Å². The number of ether oxygens (including phenoxy) is 1.